The van der Waals surface area contributed by atoms with Crippen molar-refractivity contribution in [2.75, 3.05) is 39.1 Å². The maximum Gasteiger partial charge on any atom is 0.355 e. The molecule has 0 bridgehead atoms. The molecule has 3 rings (SSSR count). The summed E-state index contributed by atoms with van der Waals surface area (Å²) in [6.45, 7) is -0.504. The normalized spacial score (nSPS) is 13.4. The van der Waals surface area contributed by atoms with Gasteiger partial charge in [0.15, 0.2) is 12.4 Å². The van der Waals surface area contributed by atoms with Gasteiger partial charge < -0.3 is 23.8 Å². The van der Waals surface area contributed by atoms with E-state index in [1.165, 1.54) is 31.3 Å². The van der Waals surface area contributed by atoms with Crippen LogP contribution in [-0.4, -0.2) is 57.9 Å². The fourth-order valence-corrected chi connectivity index (χ4v) is 3.05. The van der Waals surface area contributed by atoms with Crippen LogP contribution in [0, 0.1) is 0 Å². The van der Waals surface area contributed by atoms with E-state index in [0.717, 1.165) is 0 Å². The fourth-order valence-electron chi connectivity index (χ4n) is 3.05. The van der Waals surface area contributed by atoms with Gasteiger partial charge in [0.25, 0.3) is 0 Å². The summed E-state index contributed by atoms with van der Waals surface area (Å²) in [4.78, 5) is 50.2. The highest BCUT2D eigenvalue weighted by molar-refractivity contribution is 6.03. The van der Waals surface area contributed by atoms with Gasteiger partial charge in [0, 0.05) is 11.3 Å². The lowest BCUT2D eigenvalue weighted by atomic mass is 10.1. The molecule has 1 heterocycles. The Morgan fingerprint density at radius 3 is 2.12 bits per heavy atom. The summed E-state index contributed by atoms with van der Waals surface area (Å²) in [5, 5.41) is 0. The first kappa shape index (κ1) is 22.7. The third kappa shape index (κ3) is 5.01. The number of nitrogens with zero attached hydrogens (tertiary/aromatic N) is 1. The van der Waals surface area contributed by atoms with E-state index in [0.29, 0.717) is 11.3 Å². The molecule has 2 aromatic carbocycles. The highest BCUT2D eigenvalue weighted by Gasteiger charge is 2.32. The molecular formula is C23H21NO8. The minimum Gasteiger partial charge on any atom is -0.466 e. The van der Waals surface area contributed by atoms with Gasteiger partial charge in [-0.15, -0.1) is 0 Å². The third-order valence-electron chi connectivity index (χ3n) is 4.68. The van der Waals surface area contributed by atoms with Crippen molar-refractivity contribution < 1.29 is 38.1 Å². The van der Waals surface area contributed by atoms with Crippen molar-refractivity contribution in [3.63, 3.8) is 0 Å². The summed E-state index contributed by atoms with van der Waals surface area (Å²) >= 11 is 0. The van der Waals surface area contributed by atoms with Crippen LogP contribution in [0.3, 0.4) is 0 Å². The summed E-state index contributed by atoms with van der Waals surface area (Å²) in [6.07, 6.45) is 0. The smallest absolute Gasteiger partial charge is 0.355 e. The van der Waals surface area contributed by atoms with E-state index >= 15 is 0 Å². The van der Waals surface area contributed by atoms with Crippen molar-refractivity contribution in [1.29, 1.82) is 0 Å². The number of hydrogen-bond donors (Lipinski definition) is 0. The number of esters is 3. The quantitative estimate of drug-likeness (QED) is 0.364. The molecule has 0 amide bonds. The lowest BCUT2D eigenvalue weighted by Crippen LogP contribution is -2.38. The number of ketones is 1. The first-order valence-electron chi connectivity index (χ1n) is 9.56. The van der Waals surface area contributed by atoms with Crippen LogP contribution in [0.15, 0.2) is 65.9 Å². The standard InChI is InChI=1S/C23H21NO8/c1-29-22(27)18-12-31-14-24(20(18)23(28)30-2)17-10-8-16(9-11-17)21(26)32-13-19(25)15-6-4-3-5-7-15/h3-11H,12-14H2,1-2H3. The molecule has 0 saturated carbocycles. The molecule has 9 nitrogen and oxygen atoms in total. The molecular weight excluding hydrogens is 418 g/mol. The van der Waals surface area contributed by atoms with E-state index in [2.05, 4.69) is 0 Å². The van der Waals surface area contributed by atoms with Crippen molar-refractivity contribution in [2.24, 2.45) is 0 Å². The van der Waals surface area contributed by atoms with Crippen molar-refractivity contribution in [2.45, 2.75) is 0 Å². The van der Waals surface area contributed by atoms with Gasteiger partial charge in [-0.25, -0.2) is 14.4 Å². The Bertz CT molecular complexity index is 1040. The fraction of sp³-hybridized carbons (Fsp3) is 0.217. The number of benzene rings is 2. The van der Waals surface area contributed by atoms with E-state index in [1.807, 2.05) is 0 Å². The van der Waals surface area contributed by atoms with E-state index in [1.54, 1.807) is 42.5 Å². The number of methoxy groups -OCH3 is 2. The molecule has 2 aromatic rings. The monoisotopic (exact) mass is 439 g/mol. The first-order chi connectivity index (χ1) is 15.5. The number of carbonyl (C=O) groups is 4. The van der Waals surface area contributed by atoms with Gasteiger partial charge in [-0.2, -0.15) is 0 Å². The second-order valence-corrected chi connectivity index (χ2v) is 6.63. The zero-order valence-corrected chi connectivity index (χ0v) is 17.5. The van der Waals surface area contributed by atoms with Crippen LogP contribution in [0.1, 0.15) is 20.7 Å². The van der Waals surface area contributed by atoms with Gasteiger partial charge in [0.1, 0.15) is 12.4 Å². The molecule has 1 aliphatic rings. The van der Waals surface area contributed by atoms with Crippen molar-refractivity contribution in [1.82, 2.24) is 0 Å². The molecule has 0 atom stereocenters. The maximum atomic E-state index is 12.3. The Morgan fingerprint density at radius 2 is 1.50 bits per heavy atom. The van der Waals surface area contributed by atoms with Crippen molar-refractivity contribution in [3.05, 3.63) is 77.0 Å². The highest BCUT2D eigenvalue weighted by atomic mass is 16.5. The van der Waals surface area contributed by atoms with Crippen LogP contribution >= 0.6 is 0 Å². The van der Waals surface area contributed by atoms with E-state index in [4.69, 9.17) is 18.9 Å². The number of ether oxygens (including phenoxy) is 4. The molecule has 0 unspecified atom stereocenters. The summed E-state index contributed by atoms with van der Waals surface area (Å²) in [5.74, 6) is -2.42. The molecule has 0 fully saturated rings. The minimum absolute atomic E-state index is 0.00520. The molecule has 0 radical (unpaired) electrons. The SMILES string of the molecule is COC(=O)C1=C(C(=O)OC)N(c2ccc(C(=O)OCC(=O)c3ccccc3)cc2)COC1. The molecule has 0 saturated heterocycles. The topological polar surface area (TPSA) is 108 Å². The van der Waals surface area contributed by atoms with E-state index < -0.39 is 17.9 Å². The molecule has 166 valence electrons. The average Bonchev–Trinajstić information content (AvgIpc) is 2.86. The number of rotatable bonds is 7. The lowest BCUT2D eigenvalue weighted by molar-refractivity contribution is -0.140. The Labute approximate surface area is 184 Å². The van der Waals surface area contributed by atoms with Gasteiger partial charge >= 0.3 is 17.9 Å². The van der Waals surface area contributed by atoms with Gasteiger partial charge in [-0.05, 0) is 24.3 Å². The number of Topliss-reactive ketones (excluding diaryl/α,β-unsaturated/α-hetero) is 1. The molecule has 0 N–H and O–H groups in total. The van der Waals surface area contributed by atoms with Crippen molar-refractivity contribution >= 4 is 29.4 Å². The third-order valence-corrected chi connectivity index (χ3v) is 4.68. The van der Waals surface area contributed by atoms with Crippen LogP contribution in [0.2, 0.25) is 0 Å². The Balaban J connectivity index is 1.75. The molecule has 1 aliphatic heterocycles. The summed E-state index contributed by atoms with van der Waals surface area (Å²) in [7, 11) is 2.40. The van der Waals surface area contributed by atoms with E-state index in [9.17, 15) is 19.2 Å². The highest BCUT2D eigenvalue weighted by Crippen LogP contribution is 2.27. The van der Waals surface area contributed by atoms with Crippen LogP contribution < -0.4 is 4.90 Å². The molecule has 0 aliphatic carbocycles. The first-order valence-corrected chi connectivity index (χ1v) is 9.56. The summed E-state index contributed by atoms with van der Waals surface area (Å²) in [5.41, 5.74) is 1.15. The minimum atomic E-state index is -0.725. The van der Waals surface area contributed by atoms with Gasteiger partial charge in [0.05, 0.1) is 32.0 Å². The van der Waals surface area contributed by atoms with E-state index in [-0.39, 0.29) is 42.6 Å². The number of hydrogen-bond acceptors (Lipinski definition) is 9. The zero-order valence-electron chi connectivity index (χ0n) is 17.5. The van der Waals surface area contributed by atoms with Crippen LogP contribution in [0.25, 0.3) is 0 Å². The largest absolute Gasteiger partial charge is 0.466 e. The molecule has 32 heavy (non-hydrogen) atoms. The second-order valence-electron chi connectivity index (χ2n) is 6.63. The summed E-state index contributed by atoms with van der Waals surface area (Å²) in [6, 6.07) is 14.6. The lowest BCUT2D eigenvalue weighted by Gasteiger charge is -2.31. The predicted octanol–water partition coefficient (Wildman–Crippen LogP) is 2.12. The Kier molecular flexibility index (Phi) is 7.35. The number of carbonyl (C=O) groups excluding carboxylic acids is 4. The van der Waals surface area contributed by atoms with Gasteiger partial charge in [-0.3, -0.25) is 4.79 Å². The Hall–Kier alpha value is -3.98. The second kappa shape index (κ2) is 10.4. The van der Waals surface area contributed by atoms with Crippen LogP contribution in [0.5, 0.6) is 0 Å². The number of anilines is 1. The average molecular weight is 439 g/mol. The summed E-state index contributed by atoms with van der Waals surface area (Å²) < 4.78 is 20.0. The van der Waals surface area contributed by atoms with Gasteiger partial charge in [0.2, 0.25) is 0 Å². The zero-order chi connectivity index (χ0) is 23.1. The van der Waals surface area contributed by atoms with Crippen LogP contribution in [0.4, 0.5) is 5.69 Å². The Morgan fingerprint density at radius 1 is 0.844 bits per heavy atom. The molecule has 0 aromatic heterocycles. The molecule has 0 spiro atoms. The predicted molar refractivity (Wildman–Crippen MR) is 112 cm³/mol. The maximum absolute atomic E-state index is 12.3. The van der Waals surface area contributed by atoms with Crippen molar-refractivity contribution in [3.8, 4) is 0 Å². The molecule has 9 heteroatoms. The van der Waals surface area contributed by atoms with Gasteiger partial charge in [-0.1, -0.05) is 30.3 Å². The van der Waals surface area contributed by atoms with Crippen LogP contribution in [-0.2, 0) is 28.5 Å².